The molecule has 0 radical (unpaired) electrons. The minimum absolute atomic E-state index is 0.133. The first-order chi connectivity index (χ1) is 11.1. The maximum Gasteiger partial charge on any atom is 0.270 e. The van der Waals surface area contributed by atoms with Crippen molar-refractivity contribution < 1.29 is 4.92 Å². The average Bonchev–Trinajstić information content (AvgIpc) is 3.04. The Balaban J connectivity index is 2.15. The summed E-state index contributed by atoms with van der Waals surface area (Å²) in [7, 11) is 0. The topological polar surface area (TPSA) is 47.5 Å². The van der Waals surface area contributed by atoms with E-state index in [0.717, 1.165) is 32.9 Å². The summed E-state index contributed by atoms with van der Waals surface area (Å²) >= 11 is 0. The van der Waals surface area contributed by atoms with Crippen molar-refractivity contribution in [3.05, 3.63) is 70.3 Å². The van der Waals surface area contributed by atoms with E-state index in [1.54, 1.807) is 12.1 Å². The van der Waals surface area contributed by atoms with E-state index in [4.69, 9.17) is 0 Å². The van der Waals surface area contributed by atoms with E-state index < -0.39 is 0 Å². The van der Waals surface area contributed by atoms with Crippen molar-refractivity contribution >= 4 is 43.8 Å². The van der Waals surface area contributed by atoms with E-state index in [2.05, 4.69) is 35.6 Å². The molecular weight excluding hydrogens is 288 g/mol. The second-order valence-corrected chi connectivity index (χ2v) is 6.02. The van der Waals surface area contributed by atoms with Crippen LogP contribution in [0.25, 0.3) is 38.1 Å². The van der Waals surface area contributed by atoms with E-state index in [9.17, 15) is 10.1 Å². The molecule has 5 rings (SSSR count). The molecule has 0 aliphatic carbocycles. The fourth-order valence-corrected chi connectivity index (χ4v) is 3.75. The van der Waals surface area contributed by atoms with Gasteiger partial charge >= 0.3 is 0 Å². The normalized spacial score (nSPS) is 12.0. The first kappa shape index (κ1) is 12.4. The molecule has 0 atom stereocenters. The van der Waals surface area contributed by atoms with Gasteiger partial charge in [0.05, 0.1) is 21.5 Å². The molecule has 23 heavy (non-hydrogen) atoms. The van der Waals surface area contributed by atoms with Crippen molar-refractivity contribution in [3.8, 4) is 0 Å². The highest BCUT2D eigenvalue weighted by molar-refractivity contribution is 6.23. The van der Waals surface area contributed by atoms with Crippen LogP contribution >= 0.6 is 0 Å². The lowest BCUT2D eigenvalue weighted by atomic mass is 10.0. The number of hydrogen-bond acceptors (Lipinski definition) is 2. The Bertz CT molecular complexity index is 1250. The van der Waals surface area contributed by atoms with Crippen molar-refractivity contribution in [2.24, 2.45) is 0 Å². The van der Waals surface area contributed by atoms with E-state index in [1.165, 1.54) is 10.8 Å². The zero-order valence-electron chi connectivity index (χ0n) is 12.4. The molecular formula is C19H12N2O2. The van der Waals surface area contributed by atoms with E-state index in [-0.39, 0.29) is 10.6 Å². The largest absolute Gasteiger partial charge is 0.308 e. The summed E-state index contributed by atoms with van der Waals surface area (Å²) in [6.07, 6.45) is 0. The van der Waals surface area contributed by atoms with Gasteiger partial charge < -0.3 is 4.40 Å². The van der Waals surface area contributed by atoms with Crippen LogP contribution in [0.15, 0.2) is 54.6 Å². The van der Waals surface area contributed by atoms with Gasteiger partial charge in [-0.3, -0.25) is 10.1 Å². The third kappa shape index (κ3) is 1.45. The molecule has 5 aromatic rings. The summed E-state index contributed by atoms with van der Waals surface area (Å²) in [5.41, 5.74) is 4.60. The molecule has 0 fully saturated rings. The standard InChI is InChI=1S/C19H12N2O2/c1-11-8-15-13-4-2-3-5-17(13)20-18-7-6-12(21(22)23)10-14(18)16(9-11)19(15)20/h2-10H,1H3. The second kappa shape index (κ2) is 3.98. The second-order valence-electron chi connectivity index (χ2n) is 6.02. The highest BCUT2D eigenvalue weighted by Gasteiger charge is 2.19. The van der Waals surface area contributed by atoms with Crippen LogP contribution in [-0.4, -0.2) is 9.32 Å². The summed E-state index contributed by atoms with van der Waals surface area (Å²) < 4.78 is 2.22. The van der Waals surface area contributed by atoms with E-state index >= 15 is 0 Å². The van der Waals surface area contributed by atoms with Crippen LogP contribution in [0, 0.1) is 17.0 Å². The van der Waals surface area contributed by atoms with Gasteiger partial charge in [-0.2, -0.15) is 0 Å². The van der Waals surface area contributed by atoms with Crippen LogP contribution in [0.5, 0.6) is 0 Å². The molecule has 110 valence electrons. The van der Waals surface area contributed by atoms with Gasteiger partial charge in [0.2, 0.25) is 0 Å². The highest BCUT2D eigenvalue weighted by Crippen LogP contribution is 2.40. The zero-order chi connectivity index (χ0) is 15.7. The molecule has 0 saturated carbocycles. The van der Waals surface area contributed by atoms with Crippen LogP contribution in [0.1, 0.15) is 5.56 Å². The number of hydrogen-bond donors (Lipinski definition) is 0. The molecule has 0 aliphatic rings. The number of aryl methyl sites for hydroxylation is 1. The van der Waals surface area contributed by atoms with Gasteiger partial charge in [0.15, 0.2) is 0 Å². The third-order valence-electron chi connectivity index (χ3n) is 4.64. The summed E-state index contributed by atoms with van der Waals surface area (Å²) in [5, 5.41) is 15.6. The molecule has 2 aromatic heterocycles. The fourth-order valence-electron chi connectivity index (χ4n) is 3.75. The number of non-ortho nitro benzene ring substituents is 1. The third-order valence-corrected chi connectivity index (χ3v) is 4.64. The molecule has 4 nitrogen and oxygen atoms in total. The Morgan fingerprint density at radius 1 is 0.870 bits per heavy atom. The molecule has 0 unspecified atom stereocenters. The molecule has 3 aromatic carbocycles. The summed E-state index contributed by atoms with van der Waals surface area (Å²) in [6.45, 7) is 2.07. The highest BCUT2D eigenvalue weighted by atomic mass is 16.6. The number of nitro benzene ring substituents is 1. The fraction of sp³-hybridized carbons (Fsp3) is 0.0526. The smallest absolute Gasteiger partial charge is 0.270 e. The van der Waals surface area contributed by atoms with E-state index in [0.29, 0.717) is 0 Å². The number of benzene rings is 3. The molecule has 2 heterocycles. The van der Waals surface area contributed by atoms with Crippen molar-refractivity contribution in [3.63, 3.8) is 0 Å². The number of nitrogens with zero attached hydrogens (tertiary/aromatic N) is 2. The lowest BCUT2D eigenvalue weighted by molar-refractivity contribution is -0.384. The molecule has 0 spiro atoms. The van der Waals surface area contributed by atoms with Gasteiger partial charge in [-0.25, -0.2) is 0 Å². The predicted molar refractivity (Wildman–Crippen MR) is 92.5 cm³/mol. The number of nitro groups is 1. The van der Waals surface area contributed by atoms with E-state index in [1.807, 2.05) is 18.2 Å². The van der Waals surface area contributed by atoms with Crippen LogP contribution in [0.3, 0.4) is 0 Å². The number of fused-ring (bicyclic) bond motifs is 6. The lowest BCUT2D eigenvalue weighted by Gasteiger charge is -1.98. The Hall–Kier alpha value is -3.14. The van der Waals surface area contributed by atoms with Gasteiger partial charge in [0, 0.05) is 33.7 Å². The Morgan fingerprint density at radius 2 is 1.57 bits per heavy atom. The predicted octanol–water partition coefficient (Wildman–Crippen LogP) is 5.05. The molecule has 0 N–H and O–H groups in total. The van der Waals surface area contributed by atoms with Crippen LogP contribution in [0.4, 0.5) is 5.69 Å². The van der Waals surface area contributed by atoms with Gasteiger partial charge in [0.1, 0.15) is 0 Å². The number of aromatic nitrogens is 1. The summed E-state index contributed by atoms with van der Waals surface area (Å²) in [5.74, 6) is 0. The van der Waals surface area contributed by atoms with Crippen molar-refractivity contribution in [2.75, 3.05) is 0 Å². The van der Waals surface area contributed by atoms with Crippen LogP contribution in [-0.2, 0) is 0 Å². The Labute approximate surface area is 131 Å². The SMILES string of the molecule is Cc1cc2c3ccccc3n3c4ccc([N+](=O)[O-])cc4c(c1)c23. The maximum atomic E-state index is 11.1. The first-order valence-corrected chi connectivity index (χ1v) is 7.48. The maximum absolute atomic E-state index is 11.1. The van der Waals surface area contributed by atoms with Crippen molar-refractivity contribution in [2.45, 2.75) is 6.92 Å². The minimum atomic E-state index is -0.334. The monoisotopic (exact) mass is 300 g/mol. The summed E-state index contributed by atoms with van der Waals surface area (Å²) in [6, 6.07) is 17.7. The Morgan fingerprint density at radius 3 is 2.35 bits per heavy atom. The summed E-state index contributed by atoms with van der Waals surface area (Å²) in [4.78, 5) is 10.8. The number of rotatable bonds is 1. The minimum Gasteiger partial charge on any atom is -0.308 e. The molecule has 4 heteroatoms. The lowest BCUT2D eigenvalue weighted by Crippen LogP contribution is -1.87. The first-order valence-electron chi connectivity index (χ1n) is 7.48. The quantitative estimate of drug-likeness (QED) is 0.321. The van der Waals surface area contributed by atoms with Crippen LogP contribution in [0.2, 0.25) is 0 Å². The number of para-hydroxylation sites is 1. The average molecular weight is 300 g/mol. The van der Waals surface area contributed by atoms with Crippen LogP contribution < -0.4 is 0 Å². The zero-order valence-corrected chi connectivity index (χ0v) is 12.4. The van der Waals surface area contributed by atoms with Gasteiger partial charge in [-0.05, 0) is 36.8 Å². The molecule has 0 bridgehead atoms. The van der Waals surface area contributed by atoms with Gasteiger partial charge in [-0.1, -0.05) is 18.2 Å². The van der Waals surface area contributed by atoms with Crippen molar-refractivity contribution in [1.82, 2.24) is 4.40 Å². The molecule has 0 amide bonds. The Kier molecular flexibility index (Phi) is 2.15. The van der Waals surface area contributed by atoms with Crippen molar-refractivity contribution in [1.29, 1.82) is 0 Å². The van der Waals surface area contributed by atoms with Gasteiger partial charge in [0.25, 0.3) is 5.69 Å². The van der Waals surface area contributed by atoms with Gasteiger partial charge in [-0.15, -0.1) is 0 Å². The molecule has 0 saturated heterocycles. The molecule has 0 aliphatic heterocycles.